The van der Waals surface area contributed by atoms with E-state index in [1.165, 1.54) is 23.2 Å². The number of aromatic nitrogens is 1. The SMILES string of the molecule is CN(CC1CCCN1)C(=O)c1cccn1CC(F)(F)F. The van der Waals surface area contributed by atoms with Gasteiger partial charge in [-0.2, -0.15) is 13.2 Å². The van der Waals surface area contributed by atoms with Crippen LogP contribution < -0.4 is 5.32 Å². The van der Waals surface area contributed by atoms with Crippen LogP contribution in [-0.4, -0.2) is 47.7 Å². The van der Waals surface area contributed by atoms with E-state index in [1.807, 2.05) is 0 Å². The second-order valence-corrected chi connectivity index (χ2v) is 5.12. The summed E-state index contributed by atoms with van der Waals surface area (Å²) >= 11 is 0. The highest BCUT2D eigenvalue weighted by molar-refractivity contribution is 5.92. The van der Waals surface area contributed by atoms with Gasteiger partial charge >= 0.3 is 6.18 Å². The van der Waals surface area contributed by atoms with Crippen LogP contribution >= 0.6 is 0 Å². The Bertz CT molecular complexity index is 464. The molecule has 7 heteroatoms. The normalized spacial score (nSPS) is 19.3. The summed E-state index contributed by atoms with van der Waals surface area (Å²) in [4.78, 5) is 13.7. The van der Waals surface area contributed by atoms with Crippen molar-refractivity contribution in [1.82, 2.24) is 14.8 Å². The first-order chi connectivity index (χ1) is 9.37. The third kappa shape index (κ3) is 3.75. The Morgan fingerprint density at radius 3 is 2.90 bits per heavy atom. The third-order valence-corrected chi connectivity index (χ3v) is 3.40. The fourth-order valence-corrected chi connectivity index (χ4v) is 2.46. The van der Waals surface area contributed by atoms with Gasteiger partial charge in [-0.3, -0.25) is 4.79 Å². The minimum atomic E-state index is -4.33. The first kappa shape index (κ1) is 14.9. The molecule has 1 aromatic heterocycles. The molecule has 1 N–H and O–H groups in total. The van der Waals surface area contributed by atoms with Gasteiger partial charge in [0, 0.05) is 25.8 Å². The molecule has 20 heavy (non-hydrogen) atoms. The van der Waals surface area contributed by atoms with E-state index < -0.39 is 12.7 Å². The average Bonchev–Trinajstić information content (AvgIpc) is 2.97. The van der Waals surface area contributed by atoms with Crippen LogP contribution in [0.15, 0.2) is 18.3 Å². The van der Waals surface area contributed by atoms with E-state index in [0.29, 0.717) is 6.54 Å². The molecule has 0 aromatic carbocycles. The molecule has 1 aliphatic rings. The molecule has 2 heterocycles. The molecule has 0 radical (unpaired) electrons. The van der Waals surface area contributed by atoms with Crippen LogP contribution in [0.25, 0.3) is 0 Å². The van der Waals surface area contributed by atoms with Crippen molar-refractivity contribution in [2.45, 2.75) is 31.6 Å². The van der Waals surface area contributed by atoms with Gasteiger partial charge in [-0.25, -0.2) is 0 Å². The zero-order valence-electron chi connectivity index (χ0n) is 11.3. The molecule has 112 valence electrons. The maximum absolute atomic E-state index is 12.4. The van der Waals surface area contributed by atoms with Crippen LogP contribution in [0.1, 0.15) is 23.3 Å². The summed E-state index contributed by atoms with van der Waals surface area (Å²) in [5.74, 6) is -0.382. The third-order valence-electron chi connectivity index (χ3n) is 3.40. The standard InChI is InChI=1S/C13H18F3N3O/c1-18(8-10-4-2-6-17-10)12(20)11-5-3-7-19(11)9-13(14,15)16/h3,5,7,10,17H,2,4,6,8-9H2,1H3. The molecule has 2 rings (SSSR count). The van der Waals surface area contributed by atoms with E-state index in [-0.39, 0.29) is 17.6 Å². The van der Waals surface area contributed by atoms with Crippen molar-refractivity contribution < 1.29 is 18.0 Å². The largest absolute Gasteiger partial charge is 0.406 e. The Labute approximate surface area is 115 Å². The van der Waals surface area contributed by atoms with Crippen molar-refractivity contribution in [3.05, 3.63) is 24.0 Å². The van der Waals surface area contributed by atoms with E-state index >= 15 is 0 Å². The van der Waals surface area contributed by atoms with Gasteiger partial charge in [0.15, 0.2) is 0 Å². The highest BCUT2D eigenvalue weighted by Crippen LogP contribution is 2.19. The number of hydrogen-bond acceptors (Lipinski definition) is 2. The van der Waals surface area contributed by atoms with E-state index in [0.717, 1.165) is 24.0 Å². The summed E-state index contributed by atoms with van der Waals surface area (Å²) in [6, 6.07) is 3.11. The number of hydrogen-bond donors (Lipinski definition) is 1. The van der Waals surface area contributed by atoms with Crippen molar-refractivity contribution in [3.8, 4) is 0 Å². The molecule has 1 atom stereocenters. The summed E-state index contributed by atoms with van der Waals surface area (Å²) in [5.41, 5.74) is 0.0721. The van der Waals surface area contributed by atoms with Gasteiger partial charge in [0.25, 0.3) is 5.91 Å². The fourth-order valence-electron chi connectivity index (χ4n) is 2.46. The van der Waals surface area contributed by atoms with Crippen molar-refractivity contribution in [3.63, 3.8) is 0 Å². The van der Waals surface area contributed by atoms with Crippen LogP contribution in [-0.2, 0) is 6.54 Å². The van der Waals surface area contributed by atoms with Crippen LogP contribution in [0.2, 0.25) is 0 Å². The van der Waals surface area contributed by atoms with Crippen molar-refractivity contribution >= 4 is 5.91 Å². The second kappa shape index (κ2) is 5.87. The lowest BCUT2D eigenvalue weighted by molar-refractivity contribution is -0.140. The molecule has 1 amide bonds. The van der Waals surface area contributed by atoms with E-state index in [1.54, 1.807) is 7.05 Å². The van der Waals surface area contributed by atoms with Crippen LogP contribution in [0.3, 0.4) is 0 Å². The zero-order chi connectivity index (χ0) is 14.8. The Morgan fingerprint density at radius 2 is 2.30 bits per heavy atom. The molecule has 0 saturated carbocycles. The molecule has 4 nitrogen and oxygen atoms in total. The Morgan fingerprint density at radius 1 is 1.55 bits per heavy atom. The zero-order valence-corrected chi connectivity index (χ0v) is 11.3. The minimum Gasteiger partial charge on any atom is -0.339 e. The van der Waals surface area contributed by atoms with Gasteiger partial charge in [-0.1, -0.05) is 0 Å². The minimum absolute atomic E-state index is 0.0721. The number of rotatable bonds is 4. The van der Waals surface area contributed by atoms with Gasteiger partial charge < -0.3 is 14.8 Å². The van der Waals surface area contributed by atoms with Crippen LogP contribution in [0.4, 0.5) is 13.2 Å². The molecule has 0 bridgehead atoms. The number of nitrogens with zero attached hydrogens (tertiary/aromatic N) is 2. The van der Waals surface area contributed by atoms with Gasteiger partial charge in [0.1, 0.15) is 12.2 Å². The molecule has 0 spiro atoms. The molecule has 1 saturated heterocycles. The highest BCUT2D eigenvalue weighted by Gasteiger charge is 2.30. The number of alkyl halides is 3. The average molecular weight is 289 g/mol. The number of nitrogens with one attached hydrogen (secondary N) is 1. The summed E-state index contributed by atoms with van der Waals surface area (Å²) in [5, 5.41) is 3.26. The lowest BCUT2D eigenvalue weighted by Gasteiger charge is -2.22. The lowest BCUT2D eigenvalue weighted by Crippen LogP contribution is -2.39. The number of carbonyl (C=O) groups excluding carboxylic acids is 1. The summed E-state index contributed by atoms with van der Waals surface area (Å²) in [6.07, 6.45) is -1.000. The molecule has 1 fully saturated rings. The number of halogens is 3. The van der Waals surface area contributed by atoms with Crippen molar-refractivity contribution in [1.29, 1.82) is 0 Å². The number of amides is 1. The Balaban J connectivity index is 2.02. The predicted molar refractivity (Wildman–Crippen MR) is 68.5 cm³/mol. The highest BCUT2D eigenvalue weighted by atomic mass is 19.4. The molecule has 1 aromatic rings. The van der Waals surface area contributed by atoms with Crippen molar-refractivity contribution in [2.24, 2.45) is 0 Å². The number of carbonyl (C=O) groups is 1. The predicted octanol–water partition coefficient (Wildman–Crippen LogP) is 1.87. The summed E-state index contributed by atoms with van der Waals surface area (Å²) in [6.45, 7) is 0.295. The van der Waals surface area contributed by atoms with E-state index in [2.05, 4.69) is 5.32 Å². The first-order valence-corrected chi connectivity index (χ1v) is 6.57. The molecular formula is C13H18F3N3O. The van der Waals surface area contributed by atoms with Crippen LogP contribution in [0, 0.1) is 0 Å². The van der Waals surface area contributed by atoms with E-state index in [4.69, 9.17) is 0 Å². The molecule has 0 aliphatic carbocycles. The summed E-state index contributed by atoms with van der Waals surface area (Å²) in [7, 11) is 1.62. The second-order valence-electron chi connectivity index (χ2n) is 5.12. The Kier molecular flexibility index (Phi) is 4.37. The summed E-state index contributed by atoms with van der Waals surface area (Å²) < 4.78 is 38.3. The maximum Gasteiger partial charge on any atom is 0.406 e. The van der Waals surface area contributed by atoms with Crippen LogP contribution in [0.5, 0.6) is 0 Å². The Hall–Kier alpha value is -1.50. The van der Waals surface area contributed by atoms with Crippen molar-refractivity contribution in [2.75, 3.05) is 20.1 Å². The molecule has 1 unspecified atom stereocenters. The monoisotopic (exact) mass is 289 g/mol. The number of likely N-dealkylation sites (N-methyl/N-ethyl adjacent to an activating group) is 1. The van der Waals surface area contributed by atoms with Gasteiger partial charge in [-0.15, -0.1) is 0 Å². The fraction of sp³-hybridized carbons (Fsp3) is 0.615. The van der Waals surface area contributed by atoms with Gasteiger partial charge in [0.05, 0.1) is 0 Å². The smallest absolute Gasteiger partial charge is 0.339 e. The first-order valence-electron chi connectivity index (χ1n) is 6.57. The lowest BCUT2D eigenvalue weighted by atomic mass is 10.2. The topological polar surface area (TPSA) is 37.3 Å². The van der Waals surface area contributed by atoms with Gasteiger partial charge in [0.2, 0.25) is 0 Å². The van der Waals surface area contributed by atoms with Gasteiger partial charge in [-0.05, 0) is 31.5 Å². The molecular weight excluding hydrogens is 271 g/mol. The maximum atomic E-state index is 12.4. The molecule has 1 aliphatic heterocycles. The van der Waals surface area contributed by atoms with E-state index in [9.17, 15) is 18.0 Å². The quantitative estimate of drug-likeness (QED) is 0.919.